The van der Waals surface area contributed by atoms with Gasteiger partial charge in [-0.2, -0.15) is 4.98 Å². The maximum Gasteiger partial charge on any atom is 0.229 e. The van der Waals surface area contributed by atoms with Crippen molar-refractivity contribution in [2.24, 2.45) is 0 Å². The van der Waals surface area contributed by atoms with E-state index >= 15 is 0 Å². The Morgan fingerprint density at radius 3 is 2.44 bits per heavy atom. The number of aromatic nitrogens is 2. The summed E-state index contributed by atoms with van der Waals surface area (Å²) < 4.78 is 5.64. The van der Waals surface area contributed by atoms with Gasteiger partial charge >= 0.3 is 0 Å². The van der Waals surface area contributed by atoms with Gasteiger partial charge in [-0.3, -0.25) is 0 Å². The molecule has 2 N–H and O–H groups in total. The summed E-state index contributed by atoms with van der Waals surface area (Å²) in [5.74, 6) is 2.05. The number of nitrogens with one attached hydrogen (secondary N) is 2. The van der Waals surface area contributed by atoms with Crippen molar-refractivity contribution in [3.8, 4) is 5.75 Å². The molecule has 0 atom stereocenters. The van der Waals surface area contributed by atoms with Crippen LogP contribution in [0.4, 0.5) is 23.1 Å². The molecule has 3 aromatic rings. The van der Waals surface area contributed by atoms with Gasteiger partial charge in [-0.05, 0) is 45.0 Å². The fourth-order valence-corrected chi connectivity index (χ4v) is 2.44. The summed E-state index contributed by atoms with van der Waals surface area (Å²) in [7, 11) is 0. The van der Waals surface area contributed by atoms with Crippen molar-refractivity contribution in [1.29, 1.82) is 0 Å². The Balaban J connectivity index is 1.83. The van der Waals surface area contributed by atoms with Crippen molar-refractivity contribution >= 4 is 23.1 Å². The Morgan fingerprint density at radius 1 is 0.920 bits per heavy atom. The summed E-state index contributed by atoms with van der Waals surface area (Å²) in [6.07, 6.45) is 0. The van der Waals surface area contributed by atoms with Gasteiger partial charge in [0, 0.05) is 17.4 Å². The molecule has 0 unspecified atom stereocenters. The molecule has 1 aromatic heterocycles. The molecule has 0 saturated heterocycles. The van der Waals surface area contributed by atoms with Crippen LogP contribution in [0.2, 0.25) is 0 Å². The molecule has 1 heterocycles. The molecule has 0 spiro atoms. The highest BCUT2D eigenvalue weighted by Gasteiger charge is 2.07. The first kappa shape index (κ1) is 16.8. The summed E-state index contributed by atoms with van der Waals surface area (Å²) in [4.78, 5) is 9.03. The van der Waals surface area contributed by atoms with Crippen LogP contribution in [-0.2, 0) is 0 Å². The van der Waals surface area contributed by atoms with Gasteiger partial charge in [0.2, 0.25) is 5.95 Å². The highest BCUT2D eigenvalue weighted by atomic mass is 16.5. The van der Waals surface area contributed by atoms with Crippen molar-refractivity contribution in [2.45, 2.75) is 20.8 Å². The van der Waals surface area contributed by atoms with Gasteiger partial charge in [-0.1, -0.05) is 29.8 Å². The molecular weight excluding hydrogens is 312 g/mol. The minimum atomic E-state index is 0.529. The number of nitrogens with zero attached hydrogens (tertiary/aromatic N) is 2. The molecule has 0 amide bonds. The molecule has 0 aliphatic heterocycles. The number of anilines is 4. The van der Waals surface area contributed by atoms with Crippen LogP contribution in [-0.4, -0.2) is 16.6 Å². The molecule has 0 saturated carbocycles. The molecule has 0 aliphatic carbocycles. The van der Waals surface area contributed by atoms with E-state index in [0.717, 1.165) is 28.6 Å². The van der Waals surface area contributed by atoms with Crippen molar-refractivity contribution in [1.82, 2.24) is 9.97 Å². The van der Waals surface area contributed by atoms with E-state index in [1.165, 1.54) is 5.56 Å². The van der Waals surface area contributed by atoms with Crippen LogP contribution in [0.5, 0.6) is 5.75 Å². The number of ether oxygens (including phenoxy) is 1. The second-order valence-corrected chi connectivity index (χ2v) is 5.76. The van der Waals surface area contributed by atoms with Gasteiger partial charge in [0.15, 0.2) is 0 Å². The van der Waals surface area contributed by atoms with Gasteiger partial charge in [-0.25, -0.2) is 4.98 Å². The standard InChI is InChI=1S/C20H22N4O/c1-4-25-18-8-6-5-7-17(18)23-20-21-15(3)13-19(24-20)22-16-11-9-14(2)10-12-16/h5-13H,4H2,1-3H3,(H2,21,22,23,24). The molecule has 0 bridgehead atoms. The lowest BCUT2D eigenvalue weighted by Crippen LogP contribution is -2.04. The van der Waals surface area contributed by atoms with Crippen LogP contribution in [0.3, 0.4) is 0 Å². The fourth-order valence-electron chi connectivity index (χ4n) is 2.44. The van der Waals surface area contributed by atoms with Crippen LogP contribution >= 0.6 is 0 Å². The van der Waals surface area contributed by atoms with Crippen LogP contribution in [0, 0.1) is 13.8 Å². The average Bonchev–Trinajstić information content (AvgIpc) is 2.58. The zero-order valence-electron chi connectivity index (χ0n) is 14.7. The molecule has 5 heteroatoms. The van der Waals surface area contributed by atoms with E-state index in [2.05, 4.69) is 39.7 Å². The van der Waals surface area contributed by atoms with E-state index in [9.17, 15) is 0 Å². The molecule has 0 aliphatic rings. The summed E-state index contributed by atoms with van der Waals surface area (Å²) >= 11 is 0. The second-order valence-electron chi connectivity index (χ2n) is 5.76. The van der Waals surface area contributed by atoms with Crippen molar-refractivity contribution in [3.63, 3.8) is 0 Å². The van der Waals surface area contributed by atoms with Crippen molar-refractivity contribution < 1.29 is 4.74 Å². The summed E-state index contributed by atoms with van der Waals surface area (Å²) in [5, 5.41) is 6.56. The number of hydrogen-bond acceptors (Lipinski definition) is 5. The molecule has 128 valence electrons. The monoisotopic (exact) mass is 334 g/mol. The van der Waals surface area contributed by atoms with E-state index in [0.29, 0.717) is 12.6 Å². The Kier molecular flexibility index (Phi) is 5.14. The molecule has 0 fully saturated rings. The van der Waals surface area contributed by atoms with Crippen molar-refractivity contribution in [2.75, 3.05) is 17.2 Å². The highest BCUT2D eigenvalue weighted by molar-refractivity contribution is 5.64. The molecular formula is C20H22N4O. The zero-order chi connectivity index (χ0) is 17.6. The molecule has 5 nitrogen and oxygen atoms in total. The van der Waals surface area contributed by atoms with Crippen LogP contribution < -0.4 is 15.4 Å². The summed E-state index contributed by atoms with van der Waals surface area (Å²) in [6.45, 7) is 6.58. The lowest BCUT2D eigenvalue weighted by Gasteiger charge is -2.13. The van der Waals surface area contributed by atoms with E-state index in [1.807, 2.05) is 56.3 Å². The van der Waals surface area contributed by atoms with Crippen LogP contribution in [0.15, 0.2) is 54.6 Å². The Hall–Kier alpha value is -3.08. The number of para-hydroxylation sites is 2. The Labute approximate surface area is 148 Å². The van der Waals surface area contributed by atoms with E-state index in [4.69, 9.17) is 4.74 Å². The van der Waals surface area contributed by atoms with Gasteiger partial charge < -0.3 is 15.4 Å². The van der Waals surface area contributed by atoms with Crippen LogP contribution in [0.25, 0.3) is 0 Å². The minimum Gasteiger partial charge on any atom is -0.492 e. The Morgan fingerprint density at radius 2 is 1.68 bits per heavy atom. The van der Waals surface area contributed by atoms with Crippen molar-refractivity contribution in [3.05, 3.63) is 65.9 Å². The maximum absolute atomic E-state index is 5.64. The lowest BCUT2D eigenvalue weighted by molar-refractivity contribution is 0.342. The third kappa shape index (κ3) is 4.47. The third-order valence-corrected chi connectivity index (χ3v) is 3.61. The number of hydrogen-bond donors (Lipinski definition) is 2. The number of benzene rings is 2. The van der Waals surface area contributed by atoms with E-state index in [1.54, 1.807) is 0 Å². The SMILES string of the molecule is CCOc1ccccc1Nc1nc(C)cc(Nc2ccc(C)cc2)n1. The summed E-state index contributed by atoms with van der Waals surface area (Å²) in [6, 6.07) is 17.9. The van der Waals surface area contributed by atoms with Gasteiger partial charge in [0.05, 0.1) is 12.3 Å². The van der Waals surface area contributed by atoms with Gasteiger partial charge in [-0.15, -0.1) is 0 Å². The minimum absolute atomic E-state index is 0.529. The smallest absolute Gasteiger partial charge is 0.229 e. The Bertz CT molecular complexity index is 847. The molecule has 2 aromatic carbocycles. The first-order valence-corrected chi connectivity index (χ1v) is 8.32. The van der Waals surface area contributed by atoms with E-state index < -0.39 is 0 Å². The summed E-state index contributed by atoms with van der Waals surface area (Å²) in [5.41, 5.74) is 3.93. The molecule has 3 rings (SSSR count). The predicted octanol–water partition coefficient (Wildman–Crippen LogP) is 4.98. The third-order valence-electron chi connectivity index (χ3n) is 3.61. The first-order valence-electron chi connectivity index (χ1n) is 8.32. The van der Waals surface area contributed by atoms with Gasteiger partial charge in [0.1, 0.15) is 11.6 Å². The normalized spacial score (nSPS) is 10.4. The average molecular weight is 334 g/mol. The highest BCUT2D eigenvalue weighted by Crippen LogP contribution is 2.27. The topological polar surface area (TPSA) is 59.1 Å². The predicted molar refractivity (Wildman–Crippen MR) is 102 cm³/mol. The fraction of sp³-hybridized carbons (Fsp3) is 0.200. The van der Waals surface area contributed by atoms with Crippen LogP contribution in [0.1, 0.15) is 18.2 Å². The number of aryl methyl sites for hydroxylation is 2. The number of rotatable bonds is 6. The van der Waals surface area contributed by atoms with E-state index in [-0.39, 0.29) is 0 Å². The first-order chi connectivity index (χ1) is 12.1. The largest absolute Gasteiger partial charge is 0.492 e. The van der Waals surface area contributed by atoms with Gasteiger partial charge in [0.25, 0.3) is 0 Å². The maximum atomic E-state index is 5.64. The zero-order valence-corrected chi connectivity index (χ0v) is 14.7. The molecule has 0 radical (unpaired) electrons. The lowest BCUT2D eigenvalue weighted by atomic mass is 10.2. The second kappa shape index (κ2) is 7.66. The quantitative estimate of drug-likeness (QED) is 0.666. The molecule has 25 heavy (non-hydrogen) atoms.